The van der Waals surface area contributed by atoms with E-state index in [2.05, 4.69) is 15.5 Å². The molecule has 1 amide bonds. The van der Waals surface area contributed by atoms with E-state index in [1.807, 2.05) is 24.3 Å². The highest BCUT2D eigenvalue weighted by Gasteiger charge is 2.12. The van der Waals surface area contributed by atoms with Crippen molar-refractivity contribution in [3.63, 3.8) is 0 Å². The van der Waals surface area contributed by atoms with Gasteiger partial charge in [0.25, 0.3) is 0 Å². The second-order valence-corrected chi connectivity index (χ2v) is 9.95. The number of nitrogens with one attached hydrogen (secondary N) is 1. The van der Waals surface area contributed by atoms with E-state index in [9.17, 15) is 13.2 Å². The van der Waals surface area contributed by atoms with Gasteiger partial charge in [-0.3, -0.25) is 10.1 Å². The van der Waals surface area contributed by atoms with Gasteiger partial charge in [-0.25, -0.2) is 8.42 Å². The van der Waals surface area contributed by atoms with E-state index >= 15 is 0 Å². The minimum atomic E-state index is -3.24. The molecule has 1 aromatic heterocycles. The van der Waals surface area contributed by atoms with Crippen LogP contribution in [0.1, 0.15) is 24.3 Å². The molecule has 0 aliphatic rings. The van der Waals surface area contributed by atoms with Crippen molar-refractivity contribution in [3.8, 4) is 5.75 Å². The van der Waals surface area contributed by atoms with Gasteiger partial charge in [-0.1, -0.05) is 17.2 Å². The van der Waals surface area contributed by atoms with E-state index < -0.39 is 9.84 Å². The Balaban J connectivity index is 1.42. The molecule has 0 radical (unpaired) electrons. The van der Waals surface area contributed by atoms with E-state index in [4.69, 9.17) is 9.15 Å². The molecule has 0 bridgehead atoms. The Kier molecular flexibility index (Phi) is 7.69. The Bertz CT molecular complexity index is 1110. The van der Waals surface area contributed by atoms with Crippen LogP contribution in [0.4, 0.5) is 6.01 Å². The van der Waals surface area contributed by atoms with Gasteiger partial charge in [0.2, 0.25) is 11.8 Å². The van der Waals surface area contributed by atoms with Crippen LogP contribution in [-0.2, 0) is 21.1 Å². The van der Waals surface area contributed by atoms with Gasteiger partial charge in [-0.2, -0.15) is 0 Å². The molecule has 1 N–H and O–H groups in total. The van der Waals surface area contributed by atoms with E-state index in [1.54, 1.807) is 31.0 Å². The summed E-state index contributed by atoms with van der Waals surface area (Å²) in [6.07, 6.45) is 2.54. The van der Waals surface area contributed by atoms with Crippen LogP contribution in [-0.4, -0.2) is 43.6 Å². The van der Waals surface area contributed by atoms with Crippen LogP contribution in [0, 0.1) is 0 Å². The molecule has 0 unspecified atom stereocenters. The van der Waals surface area contributed by atoms with Crippen molar-refractivity contribution in [1.82, 2.24) is 10.2 Å². The number of rotatable bonds is 10. The third kappa shape index (κ3) is 7.11. The fraction of sp³-hybridized carbons (Fsp3) is 0.286. The Morgan fingerprint density at radius 3 is 2.45 bits per heavy atom. The molecule has 0 saturated heterocycles. The molecule has 0 spiro atoms. The molecular weight excluding hydrogens is 438 g/mol. The summed E-state index contributed by atoms with van der Waals surface area (Å²) in [6.45, 7) is 0. The van der Waals surface area contributed by atoms with Gasteiger partial charge in [-0.15, -0.1) is 16.9 Å². The van der Waals surface area contributed by atoms with Gasteiger partial charge < -0.3 is 9.15 Å². The van der Waals surface area contributed by atoms with Crippen LogP contribution < -0.4 is 10.1 Å². The maximum atomic E-state index is 12.1. The lowest BCUT2D eigenvalue weighted by Gasteiger charge is -2.03. The summed E-state index contributed by atoms with van der Waals surface area (Å²) in [5.74, 6) is 1.76. The SMILES string of the molecule is COc1ccc(SCCCC(=O)Nc2nnc(Cc3ccc(S(C)(=O)=O)cc3)o2)cc1. The summed E-state index contributed by atoms with van der Waals surface area (Å²) in [5.41, 5.74) is 0.824. The number of benzene rings is 2. The second kappa shape index (κ2) is 10.5. The van der Waals surface area contributed by atoms with Gasteiger partial charge >= 0.3 is 6.01 Å². The Labute approximate surface area is 185 Å². The number of hydrogen-bond donors (Lipinski definition) is 1. The lowest BCUT2D eigenvalue weighted by atomic mass is 10.1. The molecule has 0 saturated carbocycles. The van der Waals surface area contributed by atoms with Crippen LogP contribution in [0.5, 0.6) is 5.75 Å². The maximum absolute atomic E-state index is 12.1. The topological polar surface area (TPSA) is 111 Å². The number of amides is 1. The summed E-state index contributed by atoms with van der Waals surface area (Å²) >= 11 is 1.67. The minimum absolute atomic E-state index is 0.0514. The molecule has 0 aliphatic carbocycles. The zero-order valence-electron chi connectivity index (χ0n) is 17.2. The van der Waals surface area contributed by atoms with Gasteiger partial charge in [-0.05, 0) is 54.1 Å². The summed E-state index contributed by atoms with van der Waals surface area (Å²) < 4.78 is 33.6. The Morgan fingerprint density at radius 2 is 1.81 bits per heavy atom. The smallest absolute Gasteiger partial charge is 0.322 e. The first-order chi connectivity index (χ1) is 14.8. The van der Waals surface area contributed by atoms with Gasteiger partial charge in [0.05, 0.1) is 18.4 Å². The van der Waals surface area contributed by atoms with Crippen LogP contribution >= 0.6 is 11.8 Å². The quantitative estimate of drug-likeness (QED) is 0.360. The molecule has 0 aliphatic heterocycles. The van der Waals surface area contributed by atoms with Gasteiger partial charge in [0, 0.05) is 17.6 Å². The third-order valence-electron chi connectivity index (χ3n) is 4.30. The average Bonchev–Trinajstić information content (AvgIpc) is 3.18. The summed E-state index contributed by atoms with van der Waals surface area (Å²) in [6, 6.07) is 14.3. The molecule has 1 heterocycles. The number of sulfone groups is 1. The van der Waals surface area contributed by atoms with Crippen LogP contribution in [0.3, 0.4) is 0 Å². The number of nitrogens with zero attached hydrogens (tertiary/aromatic N) is 2. The number of carbonyl (C=O) groups is 1. The van der Waals surface area contributed by atoms with E-state index in [0.717, 1.165) is 28.2 Å². The number of thioether (sulfide) groups is 1. The Morgan fingerprint density at radius 1 is 1.10 bits per heavy atom. The maximum Gasteiger partial charge on any atom is 0.322 e. The van der Waals surface area contributed by atoms with Crippen molar-refractivity contribution in [3.05, 3.63) is 60.0 Å². The molecule has 31 heavy (non-hydrogen) atoms. The number of hydrogen-bond acceptors (Lipinski definition) is 8. The number of methoxy groups -OCH3 is 1. The van der Waals surface area contributed by atoms with Crippen LogP contribution in [0.15, 0.2) is 62.7 Å². The molecule has 3 rings (SSSR count). The fourth-order valence-corrected chi connectivity index (χ4v) is 4.16. The highest BCUT2D eigenvalue weighted by molar-refractivity contribution is 7.99. The van der Waals surface area contributed by atoms with E-state index in [0.29, 0.717) is 25.2 Å². The highest BCUT2D eigenvalue weighted by Crippen LogP contribution is 2.22. The highest BCUT2D eigenvalue weighted by atomic mass is 32.2. The lowest BCUT2D eigenvalue weighted by Crippen LogP contribution is -2.11. The lowest BCUT2D eigenvalue weighted by molar-refractivity contribution is -0.116. The largest absolute Gasteiger partial charge is 0.497 e. The molecule has 2 aromatic carbocycles. The predicted octanol–water partition coefficient (Wildman–Crippen LogP) is 3.58. The molecular formula is C21H23N3O5S2. The first-order valence-electron chi connectivity index (χ1n) is 9.51. The minimum Gasteiger partial charge on any atom is -0.497 e. The normalized spacial score (nSPS) is 11.3. The summed E-state index contributed by atoms with van der Waals surface area (Å²) in [4.78, 5) is 13.5. The van der Waals surface area contributed by atoms with Crippen molar-refractivity contribution in [1.29, 1.82) is 0 Å². The predicted molar refractivity (Wildman–Crippen MR) is 118 cm³/mol. The first kappa shape index (κ1) is 22.8. The third-order valence-corrected chi connectivity index (χ3v) is 6.52. The van der Waals surface area contributed by atoms with Crippen LogP contribution in [0.25, 0.3) is 0 Å². The standard InChI is InChI=1S/C21H23N3O5S2/c1-28-16-7-9-17(10-8-16)30-13-3-4-19(25)22-21-24-23-20(29-21)14-15-5-11-18(12-6-15)31(2,26)27/h5-12H,3-4,13-14H2,1-2H3,(H,22,24,25). The molecule has 3 aromatic rings. The van der Waals surface area contributed by atoms with E-state index in [1.165, 1.54) is 12.1 Å². The summed E-state index contributed by atoms with van der Waals surface area (Å²) in [7, 11) is -1.61. The van der Waals surface area contributed by atoms with Crippen LogP contribution in [0.2, 0.25) is 0 Å². The molecule has 164 valence electrons. The van der Waals surface area contributed by atoms with Crippen molar-refractivity contribution < 1.29 is 22.4 Å². The van der Waals surface area contributed by atoms with E-state index in [-0.39, 0.29) is 16.8 Å². The molecule has 10 heteroatoms. The molecule has 8 nitrogen and oxygen atoms in total. The first-order valence-corrected chi connectivity index (χ1v) is 12.4. The zero-order chi connectivity index (χ0) is 22.3. The fourth-order valence-electron chi connectivity index (χ4n) is 2.68. The van der Waals surface area contributed by atoms with Crippen molar-refractivity contribution in [2.75, 3.05) is 24.4 Å². The van der Waals surface area contributed by atoms with Gasteiger partial charge in [0.1, 0.15) is 5.75 Å². The molecule has 0 fully saturated rings. The van der Waals surface area contributed by atoms with Crippen molar-refractivity contribution >= 4 is 33.5 Å². The zero-order valence-corrected chi connectivity index (χ0v) is 18.8. The summed E-state index contributed by atoms with van der Waals surface area (Å²) in [5, 5.41) is 10.4. The number of ether oxygens (including phenoxy) is 1. The Hall–Kier alpha value is -2.85. The second-order valence-electron chi connectivity index (χ2n) is 6.77. The number of aromatic nitrogens is 2. The van der Waals surface area contributed by atoms with Gasteiger partial charge in [0.15, 0.2) is 9.84 Å². The number of carbonyl (C=O) groups excluding carboxylic acids is 1. The van der Waals surface area contributed by atoms with Crippen molar-refractivity contribution in [2.24, 2.45) is 0 Å². The van der Waals surface area contributed by atoms with Crippen molar-refractivity contribution in [2.45, 2.75) is 29.1 Å². The number of anilines is 1. The average molecular weight is 462 g/mol. The molecule has 0 atom stereocenters. The monoisotopic (exact) mass is 461 g/mol.